The van der Waals surface area contributed by atoms with Crippen LogP contribution in [0.15, 0.2) is 48.9 Å². The first-order valence-corrected chi connectivity index (χ1v) is 8.74. The number of ether oxygens (including phenoxy) is 3. The Morgan fingerprint density at radius 1 is 1.07 bits per heavy atom. The largest absolute Gasteiger partial charge is 0.494 e. The zero-order valence-corrected chi connectivity index (χ0v) is 15.3. The molecule has 0 aliphatic heterocycles. The summed E-state index contributed by atoms with van der Waals surface area (Å²) in [4.78, 5) is 23.8. The van der Waals surface area contributed by atoms with Gasteiger partial charge in [-0.05, 0) is 43.3 Å². The van der Waals surface area contributed by atoms with E-state index in [0.717, 1.165) is 5.75 Å². The first kappa shape index (κ1) is 19.2. The van der Waals surface area contributed by atoms with Crippen molar-refractivity contribution in [3.8, 4) is 11.5 Å². The van der Waals surface area contributed by atoms with Crippen LogP contribution in [0.4, 0.5) is 0 Å². The summed E-state index contributed by atoms with van der Waals surface area (Å²) in [5.74, 6) is 0.437. The average Bonchev–Trinajstić information content (AvgIpc) is 3.18. The quantitative estimate of drug-likeness (QED) is 0.440. The summed E-state index contributed by atoms with van der Waals surface area (Å²) < 4.78 is 17.5. The SMILES string of the molecule is CCOc1ccc(OCCNC(=O)COC(=O)c2ccc3nncn3c2)cc1. The summed E-state index contributed by atoms with van der Waals surface area (Å²) in [6.07, 6.45) is 3.02. The number of amides is 1. The van der Waals surface area contributed by atoms with Crippen molar-refractivity contribution in [2.24, 2.45) is 0 Å². The van der Waals surface area contributed by atoms with E-state index < -0.39 is 11.9 Å². The molecule has 3 rings (SSSR count). The molecule has 0 saturated carbocycles. The van der Waals surface area contributed by atoms with Gasteiger partial charge in [0.25, 0.3) is 5.91 Å². The van der Waals surface area contributed by atoms with Crippen LogP contribution in [0.5, 0.6) is 11.5 Å². The van der Waals surface area contributed by atoms with Crippen molar-refractivity contribution in [3.05, 3.63) is 54.5 Å². The van der Waals surface area contributed by atoms with Crippen molar-refractivity contribution in [3.63, 3.8) is 0 Å². The lowest BCUT2D eigenvalue weighted by Gasteiger charge is -2.09. The highest BCUT2D eigenvalue weighted by Crippen LogP contribution is 2.17. The number of carbonyl (C=O) groups is 2. The maximum absolute atomic E-state index is 12.0. The molecule has 0 radical (unpaired) electrons. The molecule has 2 aromatic heterocycles. The number of hydrogen-bond donors (Lipinski definition) is 1. The summed E-state index contributed by atoms with van der Waals surface area (Å²) in [5, 5.41) is 10.2. The predicted molar refractivity (Wildman–Crippen MR) is 99.4 cm³/mol. The van der Waals surface area contributed by atoms with E-state index >= 15 is 0 Å². The molecule has 0 bridgehead atoms. The van der Waals surface area contributed by atoms with E-state index in [4.69, 9.17) is 14.2 Å². The highest BCUT2D eigenvalue weighted by Gasteiger charge is 2.11. The molecular weight excluding hydrogens is 364 g/mol. The Hall–Kier alpha value is -3.62. The van der Waals surface area contributed by atoms with Gasteiger partial charge in [-0.3, -0.25) is 9.20 Å². The van der Waals surface area contributed by atoms with Gasteiger partial charge >= 0.3 is 5.97 Å². The fraction of sp³-hybridized carbons (Fsp3) is 0.263. The van der Waals surface area contributed by atoms with E-state index in [0.29, 0.717) is 23.6 Å². The molecule has 0 spiro atoms. The van der Waals surface area contributed by atoms with Gasteiger partial charge in [-0.25, -0.2) is 4.79 Å². The van der Waals surface area contributed by atoms with E-state index in [1.807, 2.05) is 19.1 Å². The molecule has 146 valence electrons. The average molecular weight is 384 g/mol. The number of hydrogen-bond acceptors (Lipinski definition) is 7. The van der Waals surface area contributed by atoms with Gasteiger partial charge in [-0.1, -0.05) is 0 Å². The molecule has 1 amide bonds. The minimum Gasteiger partial charge on any atom is -0.494 e. The van der Waals surface area contributed by atoms with Crippen LogP contribution >= 0.6 is 0 Å². The lowest BCUT2D eigenvalue weighted by molar-refractivity contribution is -0.124. The molecule has 0 atom stereocenters. The van der Waals surface area contributed by atoms with Crippen molar-refractivity contribution in [2.75, 3.05) is 26.4 Å². The van der Waals surface area contributed by atoms with Gasteiger partial charge in [0.2, 0.25) is 0 Å². The molecule has 0 aliphatic carbocycles. The number of benzene rings is 1. The van der Waals surface area contributed by atoms with Gasteiger partial charge < -0.3 is 19.5 Å². The van der Waals surface area contributed by atoms with E-state index in [2.05, 4.69) is 15.5 Å². The van der Waals surface area contributed by atoms with Crippen molar-refractivity contribution in [1.29, 1.82) is 0 Å². The molecule has 9 nitrogen and oxygen atoms in total. The number of pyridine rings is 1. The van der Waals surface area contributed by atoms with Crippen molar-refractivity contribution in [1.82, 2.24) is 19.9 Å². The van der Waals surface area contributed by atoms with Crippen molar-refractivity contribution >= 4 is 17.5 Å². The van der Waals surface area contributed by atoms with Crippen molar-refractivity contribution < 1.29 is 23.8 Å². The number of fused-ring (bicyclic) bond motifs is 1. The van der Waals surface area contributed by atoms with E-state index in [1.165, 1.54) is 6.33 Å². The Labute approximate surface area is 161 Å². The van der Waals surface area contributed by atoms with Gasteiger partial charge in [0.1, 0.15) is 24.4 Å². The maximum atomic E-state index is 12.0. The Kier molecular flexibility index (Phi) is 6.40. The van der Waals surface area contributed by atoms with Gasteiger partial charge in [0.05, 0.1) is 18.7 Å². The monoisotopic (exact) mass is 384 g/mol. The Morgan fingerprint density at radius 2 is 1.82 bits per heavy atom. The van der Waals surface area contributed by atoms with Crippen LogP contribution in [0.25, 0.3) is 5.65 Å². The first-order valence-electron chi connectivity index (χ1n) is 8.74. The predicted octanol–water partition coefficient (Wildman–Crippen LogP) is 1.48. The molecule has 9 heteroatoms. The molecule has 28 heavy (non-hydrogen) atoms. The van der Waals surface area contributed by atoms with Crippen LogP contribution in [0, 0.1) is 0 Å². The van der Waals surface area contributed by atoms with Gasteiger partial charge in [-0.2, -0.15) is 0 Å². The second-order valence-electron chi connectivity index (χ2n) is 5.69. The lowest BCUT2D eigenvalue weighted by Crippen LogP contribution is -2.32. The summed E-state index contributed by atoms with van der Waals surface area (Å²) in [5.41, 5.74) is 0.917. The Bertz CT molecular complexity index is 939. The summed E-state index contributed by atoms with van der Waals surface area (Å²) in [6, 6.07) is 10.4. The third kappa shape index (κ3) is 5.19. The Morgan fingerprint density at radius 3 is 2.57 bits per heavy atom. The van der Waals surface area contributed by atoms with Crippen molar-refractivity contribution in [2.45, 2.75) is 6.92 Å². The molecule has 2 heterocycles. The molecule has 0 fully saturated rings. The van der Waals surface area contributed by atoms with Gasteiger partial charge in [0, 0.05) is 6.20 Å². The number of rotatable bonds is 9. The molecule has 0 unspecified atom stereocenters. The van der Waals surface area contributed by atoms with E-state index in [1.54, 1.807) is 34.9 Å². The second kappa shape index (κ2) is 9.36. The lowest BCUT2D eigenvalue weighted by atomic mass is 10.3. The van der Waals surface area contributed by atoms with Gasteiger partial charge in [0.15, 0.2) is 12.3 Å². The van der Waals surface area contributed by atoms with Crippen LogP contribution in [-0.2, 0) is 9.53 Å². The third-order valence-electron chi connectivity index (χ3n) is 3.69. The van der Waals surface area contributed by atoms with Crippen LogP contribution in [0.1, 0.15) is 17.3 Å². The maximum Gasteiger partial charge on any atom is 0.340 e. The van der Waals surface area contributed by atoms with Crippen LogP contribution < -0.4 is 14.8 Å². The molecule has 1 aromatic carbocycles. The minimum atomic E-state index is -0.601. The molecule has 1 N–H and O–H groups in total. The van der Waals surface area contributed by atoms with Crippen LogP contribution in [-0.4, -0.2) is 52.8 Å². The Balaban J connectivity index is 1.35. The summed E-state index contributed by atoms with van der Waals surface area (Å²) in [7, 11) is 0. The third-order valence-corrected chi connectivity index (χ3v) is 3.69. The normalized spacial score (nSPS) is 10.5. The number of esters is 1. The first-order chi connectivity index (χ1) is 13.7. The van der Waals surface area contributed by atoms with E-state index in [9.17, 15) is 9.59 Å². The fourth-order valence-corrected chi connectivity index (χ4v) is 2.37. The number of aromatic nitrogens is 3. The van der Waals surface area contributed by atoms with Crippen LogP contribution in [0.3, 0.4) is 0 Å². The number of carbonyl (C=O) groups excluding carboxylic acids is 2. The zero-order valence-electron chi connectivity index (χ0n) is 15.3. The second-order valence-corrected chi connectivity index (χ2v) is 5.69. The molecule has 0 saturated heterocycles. The zero-order chi connectivity index (χ0) is 19.8. The topological polar surface area (TPSA) is 104 Å². The molecule has 3 aromatic rings. The smallest absolute Gasteiger partial charge is 0.340 e. The summed E-state index contributed by atoms with van der Waals surface area (Å²) in [6.45, 7) is 2.72. The highest BCUT2D eigenvalue weighted by molar-refractivity contribution is 5.91. The number of nitrogens with one attached hydrogen (secondary N) is 1. The minimum absolute atomic E-state index is 0.288. The fourth-order valence-electron chi connectivity index (χ4n) is 2.37. The van der Waals surface area contributed by atoms with E-state index in [-0.39, 0.29) is 19.8 Å². The standard InChI is InChI=1S/C19H20N4O5/c1-2-26-15-4-6-16(7-5-15)27-10-9-20-18(24)12-28-19(25)14-3-8-17-22-21-13-23(17)11-14/h3-8,11,13H,2,9-10,12H2,1H3,(H,20,24). The number of nitrogens with zero attached hydrogens (tertiary/aromatic N) is 3. The summed E-state index contributed by atoms with van der Waals surface area (Å²) >= 11 is 0. The van der Waals surface area contributed by atoms with Crippen LogP contribution in [0.2, 0.25) is 0 Å². The molecular formula is C19H20N4O5. The van der Waals surface area contributed by atoms with Gasteiger partial charge in [-0.15, -0.1) is 10.2 Å². The molecule has 0 aliphatic rings. The highest BCUT2D eigenvalue weighted by atomic mass is 16.5.